The molecule has 0 saturated heterocycles. The number of rotatable bonds is 5. The Labute approximate surface area is 142 Å². The van der Waals surface area contributed by atoms with E-state index in [0.717, 1.165) is 29.9 Å². The minimum atomic E-state index is -0.116. The zero-order valence-electron chi connectivity index (χ0n) is 14.6. The van der Waals surface area contributed by atoms with Crippen LogP contribution in [0.25, 0.3) is 0 Å². The lowest BCUT2D eigenvalue weighted by atomic mass is 10.1. The van der Waals surface area contributed by atoms with Gasteiger partial charge in [0, 0.05) is 17.8 Å². The van der Waals surface area contributed by atoms with Crippen LogP contribution in [0.1, 0.15) is 66.1 Å². The molecule has 0 unspecified atom stereocenters. The fourth-order valence-corrected chi connectivity index (χ4v) is 3.40. The van der Waals surface area contributed by atoms with Gasteiger partial charge in [-0.05, 0) is 51.8 Å². The summed E-state index contributed by atoms with van der Waals surface area (Å²) in [5.74, 6) is 2.26. The van der Waals surface area contributed by atoms with E-state index in [1.807, 2.05) is 32.9 Å². The van der Waals surface area contributed by atoms with E-state index in [4.69, 9.17) is 4.42 Å². The Balaban J connectivity index is 1.73. The minimum absolute atomic E-state index is 0.116. The molecular weight excluding hydrogens is 302 g/mol. The van der Waals surface area contributed by atoms with Crippen LogP contribution in [0.5, 0.6) is 0 Å². The van der Waals surface area contributed by atoms with Crippen LogP contribution < -0.4 is 10.6 Å². The Morgan fingerprint density at radius 1 is 1.33 bits per heavy atom. The van der Waals surface area contributed by atoms with E-state index in [2.05, 4.69) is 15.6 Å². The second kappa shape index (κ2) is 7.07. The van der Waals surface area contributed by atoms with Gasteiger partial charge in [0.25, 0.3) is 5.91 Å². The maximum absolute atomic E-state index is 12.7. The molecule has 1 aliphatic rings. The number of nitrogens with zero attached hydrogens (tertiary/aromatic N) is 1. The van der Waals surface area contributed by atoms with Crippen LogP contribution >= 0.6 is 0 Å². The molecule has 2 heterocycles. The summed E-state index contributed by atoms with van der Waals surface area (Å²) in [4.78, 5) is 17.1. The molecule has 0 aromatic carbocycles. The summed E-state index contributed by atoms with van der Waals surface area (Å²) in [6.45, 7) is 5.80. The highest BCUT2D eigenvalue weighted by molar-refractivity contribution is 5.98. The number of hydrogen-bond acceptors (Lipinski definition) is 4. The molecule has 0 spiro atoms. The normalized spacial score (nSPS) is 16.1. The minimum Gasteiger partial charge on any atom is -0.466 e. The highest BCUT2D eigenvalue weighted by atomic mass is 16.3. The van der Waals surface area contributed by atoms with E-state index in [9.17, 15) is 4.79 Å². The summed E-state index contributed by atoms with van der Waals surface area (Å²) in [6.07, 6.45) is 6.48. The van der Waals surface area contributed by atoms with Crippen molar-refractivity contribution in [1.29, 1.82) is 0 Å². The van der Waals surface area contributed by atoms with Crippen LogP contribution in [0.2, 0.25) is 0 Å². The molecule has 1 aliphatic carbocycles. The summed E-state index contributed by atoms with van der Waals surface area (Å²) in [7, 11) is 0. The number of carbonyl (C=O) groups excluding carboxylic acids is 1. The fraction of sp³-hybridized carbons (Fsp3) is 0.474. The van der Waals surface area contributed by atoms with Gasteiger partial charge in [-0.1, -0.05) is 12.8 Å². The van der Waals surface area contributed by atoms with Crippen LogP contribution in [0.4, 0.5) is 5.82 Å². The monoisotopic (exact) mass is 327 g/mol. The molecular formula is C19H25N3O2. The van der Waals surface area contributed by atoms with Gasteiger partial charge in [0.05, 0.1) is 11.6 Å². The summed E-state index contributed by atoms with van der Waals surface area (Å²) in [5, 5.41) is 6.48. The van der Waals surface area contributed by atoms with Crippen molar-refractivity contribution in [3.8, 4) is 0 Å². The van der Waals surface area contributed by atoms with Gasteiger partial charge in [0.2, 0.25) is 0 Å². The predicted molar refractivity (Wildman–Crippen MR) is 94.2 cm³/mol. The first-order valence-corrected chi connectivity index (χ1v) is 8.64. The van der Waals surface area contributed by atoms with Gasteiger partial charge in [-0.3, -0.25) is 4.79 Å². The summed E-state index contributed by atoms with van der Waals surface area (Å²) in [6, 6.07) is 5.89. The number of aryl methyl sites for hydroxylation is 2. The summed E-state index contributed by atoms with van der Waals surface area (Å²) in [5.41, 5.74) is 1.60. The highest BCUT2D eigenvalue weighted by Gasteiger charge is 2.21. The van der Waals surface area contributed by atoms with Gasteiger partial charge in [-0.15, -0.1) is 0 Å². The first kappa shape index (κ1) is 16.6. The molecule has 0 radical (unpaired) electrons. The Morgan fingerprint density at radius 2 is 2.08 bits per heavy atom. The zero-order valence-corrected chi connectivity index (χ0v) is 14.6. The average molecular weight is 327 g/mol. The van der Waals surface area contributed by atoms with Gasteiger partial charge < -0.3 is 15.1 Å². The predicted octanol–water partition coefficient (Wildman–Crippen LogP) is 4.14. The molecule has 1 atom stereocenters. The van der Waals surface area contributed by atoms with Crippen LogP contribution in [0.15, 0.2) is 28.8 Å². The van der Waals surface area contributed by atoms with Crippen molar-refractivity contribution in [2.45, 2.75) is 58.5 Å². The molecule has 5 nitrogen and oxygen atoms in total. The van der Waals surface area contributed by atoms with Gasteiger partial charge in [-0.2, -0.15) is 0 Å². The van der Waals surface area contributed by atoms with Crippen molar-refractivity contribution in [3.05, 3.63) is 47.0 Å². The number of aromatic nitrogens is 1. The third kappa shape index (κ3) is 3.61. The van der Waals surface area contributed by atoms with E-state index in [-0.39, 0.29) is 11.9 Å². The Hall–Kier alpha value is -2.30. The number of furan rings is 1. The topological polar surface area (TPSA) is 67.2 Å². The van der Waals surface area contributed by atoms with Crippen LogP contribution in [0.3, 0.4) is 0 Å². The molecule has 2 aromatic heterocycles. The van der Waals surface area contributed by atoms with Crippen molar-refractivity contribution in [2.24, 2.45) is 0 Å². The zero-order chi connectivity index (χ0) is 17.1. The van der Waals surface area contributed by atoms with E-state index >= 15 is 0 Å². The SMILES string of the molecule is Cc1cc([C@H](C)NC(=O)c2cccnc2NC2CCCC2)c(C)o1. The number of anilines is 1. The highest BCUT2D eigenvalue weighted by Crippen LogP contribution is 2.25. The first-order valence-electron chi connectivity index (χ1n) is 8.64. The maximum Gasteiger partial charge on any atom is 0.255 e. The van der Waals surface area contributed by atoms with Gasteiger partial charge in [0.1, 0.15) is 17.3 Å². The van der Waals surface area contributed by atoms with Gasteiger partial charge >= 0.3 is 0 Å². The van der Waals surface area contributed by atoms with E-state index < -0.39 is 0 Å². The lowest BCUT2D eigenvalue weighted by molar-refractivity contribution is 0.0940. The van der Waals surface area contributed by atoms with Crippen molar-refractivity contribution in [2.75, 3.05) is 5.32 Å². The third-order valence-corrected chi connectivity index (χ3v) is 4.64. The second-order valence-electron chi connectivity index (χ2n) is 6.59. The van der Waals surface area contributed by atoms with Crippen molar-refractivity contribution in [1.82, 2.24) is 10.3 Å². The average Bonchev–Trinajstić information content (AvgIpc) is 3.17. The van der Waals surface area contributed by atoms with Crippen molar-refractivity contribution < 1.29 is 9.21 Å². The maximum atomic E-state index is 12.7. The molecule has 2 N–H and O–H groups in total. The largest absolute Gasteiger partial charge is 0.466 e. The molecule has 5 heteroatoms. The molecule has 2 aromatic rings. The van der Waals surface area contributed by atoms with Crippen LogP contribution in [0, 0.1) is 13.8 Å². The molecule has 24 heavy (non-hydrogen) atoms. The van der Waals surface area contributed by atoms with Crippen LogP contribution in [-0.2, 0) is 0 Å². The number of carbonyl (C=O) groups is 1. The van der Waals surface area contributed by atoms with E-state index in [1.165, 1.54) is 12.8 Å². The number of amides is 1. The Kier molecular flexibility index (Phi) is 4.88. The number of pyridine rings is 1. The Morgan fingerprint density at radius 3 is 2.75 bits per heavy atom. The molecule has 1 saturated carbocycles. The van der Waals surface area contributed by atoms with E-state index in [1.54, 1.807) is 12.3 Å². The lowest BCUT2D eigenvalue weighted by Crippen LogP contribution is -2.28. The molecule has 0 aliphatic heterocycles. The number of nitrogens with one attached hydrogen (secondary N) is 2. The smallest absolute Gasteiger partial charge is 0.255 e. The van der Waals surface area contributed by atoms with E-state index in [0.29, 0.717) is 17.4 Å². The van der Waals surface area contributed by atoms with Crippen LogP contribution in [-0.4, -0.2) is 16.9 Å². The lowest BCUT2D eigenvalue weighted by Gasteiger charge is -2.17. The second-order valence-corrected chi connectivity index (χ2v) is 6.59. The fourth-order valence-electron chi connectivity index (χ4n) is 3.40. The van der Waals surface area contributed by atoms with Crippen molar-refractivity contribution >= 4 is 11.7 Å². The molecule has 0 bridgehead atoms. The van der Waals surface area contributed by atoms with Gasteiger partial charge in [-0.25, -0.2) is 4.98 Å². The molecule has 128 valence electrons. The standard InChI is InChI=1S/C19H25N3O2/c1-12-11-17(14(3)24-12)13(2)21-19(23)16-9-6-10-20-18(16)22-15-7-4-5-8-15/h6,9-11,13,15H,4-5,7-8H2,1-3H3,(H,20,22)(H,21,23)/t13-/m0/s1. The first-order chi connectivity index (χ1) is 11.5. The third-order valence-electron chi connectivity index (χ3n) is 4.64. The molecule has 1 fully saturated rings. The Bertz CT molecular complexity index is 717. The summed E-state index contributed by atoms with van der Waals surface area (Å²) < 4.78 is 5.56. The van der Waals surface area contributed by atoms with Gasteiger partial charge in [0.15, 0.2) is 0 Å². The molecule has 3 rings (SSSR count). The molecule has 1 amide bonds. The quantitative estimate of drug-likeness (QED) is 0.866. The summed E-state index contributed by atoms with van der Waals surface area (Å²) >= 11 is 0. The van der Waals surface area contributed by atoms with Crippen molar-refractivity contribution in [3.63, 3.8) is 0 Å². The number of hydrogen-bond donors (Lipinski definition) is 2.